The summed E-state index contributed by atoms with van der Waals surface area (Å²) in [5.74, 6) is 0. The molecule has 3 rings (SSSR count). The molecule has 1 unspecified atom stereocenters. The van der Waals surface area contributed by atoms with Gasteiger partial charge in [0.15, 0.2) is 5.43 Å². The first-order valence-corrected chi connectivity index (χ1v) is 7.92. The molecule has 0 fully saturated rings. The number of para-hydroxylation sites is 1. The molecule has 1 heterocycles. The van der Waals surface area contributed by atoms with Gasteiger partial charge >= 0.3 is 0 Å². The summed E-state index contributed by atoms with van der Waals surface area (Å²) in [6.45, 7) is 0. The van der Waals surface area contributed by atoms with Crippen molar-refractivity contribution < 1.29 is 8.63 Å². The predicted octanol–water partition coefficient (Wildman–Crippen LogP) is 3.17. The van der Waals surface area contributed by atoms with E-state index >= 15 is 0 Å². The second kappa shape index (κ2) is 5.54. The minimum atomic E-state index is -1.12. The van der Waals surface area contributed by atoms with Crippen LogP contribution >= 0.6 is 0 Å². The van der Waals surface area contributed by atoms with Crippen LogP contribution in [0.2, 0.25) is 0 Å². The molecule has 2 aromatic carbocycles. The van der Waals surface area contributed by atoms with Gasteiger partial charge in [-0.1, -0.05) is 24.3 Å². The molecule has 0 spiro atoms. The number of fused-ring (bicyclic) bond motifs is 1. The van der Waals surface area contributed by atoms with E-state index in [9.17, 15) is 9.00 Å². The maximum atomic E-state index is 12.5. The summed E-state index contributed by atoms with van der Waals surface area (Å²) in [6.07, 6.45) is 3.04. The van der Waals surface area contributed by atoms with E-state index in [0.717, 1.165) is 11.3 Å². The molecule has 1 N–H and O–H groups in total. The van der Waals surface area contributed by atoms with Crippen molar-refractivity contribution in [1.82, 2.24) is 0 Å². The smallest absolute Gasteiger partial charge is 0.200 e. The summed E-state index contributed by atoms with van der Waals surface area (Å²) in [6, 6.07) is 14.3. The summed E-state index contributed by atoms with van der Waals surface area (Å²) in [5, 5.41) is 0.562. The van der Waals surface area contributed by atoms with Gasteiger partial charge in [0.25, 0.3) is 0 Å². The summed E-state index contributed by atoms with van der Waals surface area (Å²) < 4.78 is 19.4. The summed E-state index contributed by atoms with van der Waals surface area (Å²) in [4.78, 5) is 12.5. The summed E-state index contributed by atoms with van der Waals surface area (Å²) in [5.41, 5.74) is 2.53. The molecule has 106 valence electrons. The third-order valence-corrected chi connectivity index (χ3v) is 3.66. The van der Waals surface area contributed by atoms with Crippen molar-refractivity contribution in [3.05, 3.63) is 65.0 Å². The fourth-order valence-electron chi connectivity index (χ4n) is 2.16. The first-order valence-electron chi connectivity index (χ1n) is 6.36. The van der Waals surface area contributed by atoms with Gasteiger partial charge < -0.3 is 9.14 Å². The zero-order valence-corrected chi connectivity index (χ0v) is 12.1. The lowest BCUT2D eigenvalue weighted by Gasteiger charge is -2.05. The van der Waals surface area contributed by atoms with E-state index in [-0.39, 0.29) is 5.43 Å². The average Bonchev–Trinajstić information content (AvgIpc) is 2.48. The van der Waals surface area contributed by atoms with Crippen LogP contribution in [-0.2, 0) is 11.0 Å². The van der Waals surface area contributed by atoms with Gasteiger partial charge in [0.05, 0.1) is 10.9 Å². The number of anilines is 1. The van der Waals surface area contributed by atoms with Crippen LogP contribution in [0.15, 0.2) is 64.0 Å². The predicted molar refractivity (Wildman–Crippen MR) is 85.6 cm³/mol. The SMILES string of the molecule is CS(=O)Nc1ccc(-c2coc3ccccc3c2=O)cc1. The second-order valence-electron chi connectivity index (χ2n) is 4.61. The highest BCUT2D eigenvalue weighted by atomic mass is 32.2. The fraction of sp³-hybridized carbons (Fsp3) is 0.0625. The summed E-state index contributed by atoms with van der Waals surface area (Å²) in [7, 11) is -1.12. The van der Waals surface area contributed by atoms with E-state index in [0.29, 0.717) is 16.5 Å². The maximum Gasteiger partial charge on any atom is 0.200 e. The van der Waals surface area contributed by atoms with E-state index in [1.807, 2.05) is 12.1 Å². The lowest BCUT2D eigenvalue weighted by Crippen LogP contribution is -2.05. The Hall–Kier alpha value is -2.40. The molecule has 0 aliphatic heterocycles. The van der Waals surface area contributed by atoms with Crippen molar-refractivity contribution in [2.24, 2.45) is 0 Å². The Balaban J connectivity index is 2.06. The lowest BCUT2D eigenvalue weighted by atomic mass is 10.1. The third kappa shape index (κ3) is 2.73. The Labute approximate surface area is 124 Å². The van der Waals surface area contributed by atoms with Crippen molar-refractivity contribution >= 4 is 27.6 Å². The van der Waals surface area contributed by atoms with Crippen molar-refractivity contribution in [2.45, 2.75) is 0 Å². The molecular formula is C16H13NO3S. The Kier molecular flexibility index (Phi) is 3.58. The minimum absolute atomic E-state index is 0.0587. The highest BCUT2D eigenvalue weighted by Crippen LogP contribution is 2.21. The van der Waals surface area contributed by atoms with E-state index in [1.54, 1.807) is 42.7 Å². The average molecular weight is 299 g/mol. The van der Waals surface area contributed by atoms with Gasteiger partial charge in [-0.05, 0) is 29.8 Å². The lowest BCUT2D eigenvalue weighted by molar-refractivity contribution is 0.604. The van der Waals surface area contributed by atoms with Gasteiger partial charge in [-0.3, -0.25) is 4.79 Å². The van der Waals surface area contributed by atoms with Gasteiger partial charge in [0.1, 0.15) is 22.8 Å². The zero-order chi connectivity index (χ0) is 14.8. The highest BCUT2D eigenvalue weighted by Gasteiger charge is 2.08. The number of rotatable bonds is 3. The first-order chi connectivity index (χ1) is 10.1. The molecule has 0 aliphatic rings. The Morgan fingerprint density at radius 2 is 1.76 bits per heavy atom. The van der Waals surface area contributed by atoms with Crippen LogP contribution in [-0.4, -0.2) is 10.5 Å². The van der Waals surface area contributed by atoms with Gasteiger partial charge in [-0.2, -0.15) is 0 Å². The maximum absolute atomic E-state index is 12.5. The first kappa shape index (κ1) is 13.6. The Bertz CT molecular complexity index is 869. The van der Waals surface area contributed by atoms with Crippen LogP contribution in [0.25, 0.3) is 22.1 Å². The number of hydrogen-bond donors (Lipinski definition) is 1. The molecule has 21 heavy (non-hydrogen) atoms. The van der Waals surface area contributed by atoms with Gasteiger partial charge in [-0.25, -0.2) is 4.21 Å². The molecule has 5 heteroatoms. The van der Waals surface area contributed by atoms with Crippen molar-refractivity contribution in [1.29, 1.82) is 0 Å². The molecule has 0 aliphatic carbocycles. The van der Waals surface area contributed by atoms with Crippen molar-refractivity contribution in [3.8, 4) is 11.1 Å². The molecular weight excluding hydrogens is 286 g/mol. The van der Waals surface area contributed by atoms with Crippen LogP contribution in [0.4, 0.5) is 5.69 Å². The summed E-state index contributed by atoms with van der Waals surface area (Å²) >= 11 is 0. The minimum Gasteiger partial charge on any atom is -0.463 e. The van der Waals surface area contributed by atoms with E-state index < -0.39 is 11.0 Å². The Morgan fingerprint density at radius 1 is 1.05 bits per heavy atom. The van der Waals surface area contributed by atoms with Crippen LogP contribution in [0.1, 0.15) is 0 Å². The van der Waals surface area contributed by atoms with E-state index in [2.05, 4.69) is 4.72 Å². The molecule has 0 amide bonds. The monoisotopic (exact) mass is 299 g/mol. The van der Waals surface area contributed by atoms with Crippen molar-refractivity contribution in [3.63, 3.8) is 0 Å². The molecule has 0 saturated carbocycles. The van der Waals surface area contributed by atoms with Gasteiger partial charge in [0.2, 0.25) is 0 Å². The molecule has 3 aromatic rings. The van der Waals surface area contributed by atoms with Crippen LogP contribution in [0.5, 0.6) is 0 Å². The number of benzene rings is 2. The molecule has 1 aromatic heterocycles. The largest absolute Gasteiger partial charge is 0.463 e. The Morgan fingerprint density at radius 3 is 2.48 bits per heavy atom. The van der Waals surface area contributed by atoms with E-state index in [4.69, 9.17) is 4.42 Å². The number of nitrogens with one attached hydrogen (secondary N) is 1. The quantitative estimate of drug-likeness (QED) is 0.808. The topological polar surface area (TPSA) is 59.3 Å². The van der Waals surface area contributed by atoms with Crippen molar-refractivity contribution in [2.75, 3.05) is 11.0 Å². The number of hydrogen-bond acceptors (Lipinski definition) is 3. The van der Waals surface area contributed by atoms with Gasteiger partial charge in [0, 0.05) is 11.9 Å². The molecule has 0 bridgehead atoms. The fourth-order valence-corrected chi connectivity index (χ4v) is 2.63. The van der Waals surface area contributed by atoms with Gasteiger partial charge in [-0.15, -0.1) is 0 Å². The van der Waals surface area contributed by atoms with Crippen LogP contribution in [0.3, 0.4) is 0 Å². The zero-order valence-electron chi connectivity index (χ0n) is 11.3. The normalized spacial score (nSPS) is 12.2. The second-order valence-corrected chi connectivity index (χ2v) is 5.72. The van der Waals surface area contributed by atoms with Crippen LogP contribution < -0.4 is 10.2 Å². The highest BCUT2D eigenvalue weighted by molar-refractivity contribution is 7.85. The van der Waals surface area contributed by atoms with E-state index in [1.165, 1.54) is 6.26 Å². The molecule has 0 radical (unpaired) electrons. The third-order valence-electron chi connectivity index (χ3n) is 3.14. The molecule has 1 atom stereocenters. The van der Waals surface area contributed by atoms with Crippen LogP contribution in [0, 0.1) is 0 Å². The molecule has 4 nitrogen and oxygen atoms in total. The molecule has 0 saturated heterocycles. The standard InChI is InChI=1S/C16H13NO3S/c1-21(19)17-12-8-6-11(7-9-12)14-10-20-15-5-3-2-4-13(15)16(14)18/h2-10,17H,1H3.